The zero-order valence-electron chi connectivity index (χ0n) is 13.9. The predicted octanol–water partition coefficient (Wildman–Crippen LogP) is 2.51. The molecule has 0 aliphatic carbocycles. The van der Waals surface area contributed by atoms with Crippen LogP contribution < -0.4 is 10.6 Å². The molecule has 0 saturated heterocycles. The van der Waals surface area contributed by atoms with E-state index < -0.39 is 0 Å². The Morgan fingerprint density at radius 3 is 2.70 bits per heavy atom. The fourth-order valence-electron chi connectivity index (χ4n) is 2.23. The fraction of sp³-hybridized carbons (Fsp3) is 0.412. The Morgan fingerprint density at radius 2 is 2.04 bits per heavy atom. The highest BCUT2D eigenvalue weighted by Crippen LogP contribution is 2.11. The van der Waals surface area contributed by atoms with Crippen LogP contribution in [0.2, 0.25) is 0 Å². The monoisotopic (exact) mass is 332 g/mol. The third kappa shape index (κ3) is 5.65. The molecule has 0 bridgehead atoms. The van der Waals surface area contributed by atoms with E-state index in [9.17, 15) is 0 Å². The minimum Gasteiger partial charge on any atom is -0.380 e. The molecule has 23 heavy (non-hydrogen) atoms. The summed E-state index contributed by atoms with van der Waals surface area (Å²) in [7, 11) is 3.49. The van der Waals surface area contributed by atoms with Gasteiger partial charge >= 0.3 is 0 Å². The molecule has 2 aromatic rings. The maximum absolute atomic E-state index is 5.24. The second-order valence-corrected chi connectivity index (χ2v) is 6.49. The van der Waals surface area contributed by atoms with Gasteiger partial charge in [0.15, 0.2) is 5.96 Å². The van der Waals surface area contributed by atoms with Gasteiger partial charge in [0.05, 0.1) is 11.6 Å². The smallest absolute Gasteiger partial charge is 0.191 e. The largest absolute Gasteiger partial charge is 0.380 e. The zero-order chi connectivity index (χ0) is 16.5. The number of methoxy groups -OCH3 is 1. The Bertz CT molecular complexity index is 639. The highest BCUT2D eigenvalue weighted by molar-refractivity contribution is 7.11. The maximum atomic E-state index is 5.24. The standard InChI is InChI=1S/C17H24N4OS/c1-13-10-20-16(23-13)8-9-19-17(18-2)21-11-14-6-4-5-7-15(14)12-22-3/h4-7,10H,8-9,11-12H2,1-3H3,(H2,18,19,21). The van der Waals surface area contributed by atoms with Crippen molar-refractivity contribution >= 4 is 17.3 Å². The van der Waals surface area contributed by atoms with E-state index in [-0.39, 0.29) is 0 Å². The van der Waals surface area contributed by atoms with E-state index in [0.29, 0.717) is 6.61 Å². The van der Waals surface area contributed by atoms with Gasteiger partial charge in [0, 0.05) is 44.7 Å². The number of nitrogens with one attached hydrogen (secondary N) is 2. The van der Waals surface area contributed by atoms with Crippen LogP contribution in [0.4, 0.5) is 0 Å². The summed E-state index contributed by atoms with van der Waals surface area (Å²) in [5.41, 5.74) is 2.41. The third-order valence-electron chi connectivity index (χ3n) is 3.39. The average molecular weight is 332 g/mol. The molecular formula is C17H24N4OS. The molecule has 0 aliphatic heterocycles. The first-order valence-electron chi connectivity index (χ1n) is 7.64. The van der Waals surface area contributed by atoms with Crippen molar-refractivity contribution in [1.82, 2.24) is 15.6 Å². The van der Waals surface area contributed by atoms with Crippen LogP contribution >= 0.6 is 11.3 Å². The van der Waals surface area contributed by atoms with Gasteiger partial charge in [-0.1, -0.05) is 24.3 Å². The van der Waals surface area contributed by atoms with Crippen LogP contribution in [0.25, 0.3) is 0 Å². The number of ether oxygens (including phenoxy) is 1. The van der Waals surface area contributed by atoms with E-state index in [1.165, 1.54) is 16.0 Å². The lowest BCUT2D eigenvalue weighted by Gasteiger charge is -2.13. The number of rotatable bonds is 7. The van der Waals surface area contributed by atoms with E-state index in [1.54, 1.807) is 25.5 Å². The number of benzene rings is 1. The normalized spacial score (nSPS) is 11.5. The molecule has 0 radical (unpaired) electrons. The summed E-state index contributed by atoms with van der Waals surface area (Å²) in [6.07, 6.45) is 2.82. The lowest BCUT2D eigenvalue weighted by molar-refractivity contribution is 0.184. The number of hydrogen-bond acceptors (Lipinski definition) is 4. The van der Waals surface area contributed by atoms with Crippen molar-refractivity contribution in [2.45, 2.75) is 26.5 Å². The lowest BCUT2D eigenvalue weighted by atomic mass is 10.1. The molecule has 0 saturated carbocycles. The van der Waals surface area contributed by atoms with Crippen molar-refractivity contribution in [3.05, 3.63) is 51.5 Å². The summed E-state index contributed by atoms with van der Waals surface area (Å²) >= 11 is 1.74. The molecule has 0 atom stereocenters. The van der Waals surface area contributed by atoms with Gasteiger partial charge in [0.1, 0.15) is 0 Å². The highest BCUT2D eigenvalue weighted by atomic mass is 32.1. The second kappa shape index (κ2) is 9.27. The van der Waals surface area contributed by atoms with Gasteiger partial charge in [-0.25, -0.2) is 4.98 Å². The first-order chi connectivity index (χ1) is 11.2. The van der Waals surface area contributed by atoms with E-state index in [2.05, 4.69) is 39.7 Å². The summed E-state index contributed by atoms with van der Waals surface area (Å²) in [5, 5.41) is 7.81. The molecule has 1 heterocycles. The number of hydrogen-bond donors (Lipinski definition) is 2. The maximum Gasteiger partial charge on any atom is 0.191 e. The SMILES string of the molecule is CN=C(NCCc1ncc(C)s1)NCc1ccccc1COC. The van der Waals surface area contributed by atoms with Crippen molar-refractivity contribution in [1.29, 1.82) is 0 Å². The summed E-state index contributed by atoms with van der Waals surface area (Å²) in [4.78, 5) is 9.88. The molecule has 0 spiro atoms. The predicted molar refractivity (Wildman–Crippen MR) is 95.9 cm³/mol. The van der Waals surface area contributed by atoms with E-state index in [0.717, 1.165) is 30.5 Å². The Balaban J connectivity index is 1.81. The van der Waals surface area contributed by atoms with Gasteiger partial charge < -0.3 is 15.4 Å². The minimum absolute atomic E-state index is 0.618. The quantitative estimate of drug-likeness (QED) is 0.604. The highest BCUT2D eigenvalue weighted by Gasteiger charge is 2.04. The number of thiazole rings is 1. The topological polar surface area (TPSA) is 58.5 Å². The molecule has 0 aliphatic rings. The summed E-state index contributed by atoms with van der Waals surface area (Å²) < 4.78 is 5.24. The first kappa shape index (κ1) is 17.4. The number of aromatic nitrogens is 1. The molecule has 6 heteroatoms. The number of aliphatic imine (C=N–C) groups is 1. The Kier molecular flexibility index (Phi) is 7.03. The van der Waals surface area contributed by atoms with E-state index >= 15 is 0 Å². The van der Waals surface area contributed by atoms with Crippen LogP contribution in [0.5, 0.6) is 0 Å². The van der Waals surface area contributed by atoms with Gasteiger partial charge in [-0.15, -0.1) is 11.3 Å². The van der Waals surface area contributed by atoms with Gasteiger partial charge in [-0.05, 0) is 18.1 Å². The second-order valence-electron chi connectivity index (χ2n) is 5.17. The van der Waals surface area contributed by atoms with Crippen molar-refractivity contribution in [2.75, 3.05) is 20.7 Å². The third-order valence-corrected chi connectivity index (χ3v) is 4.36. The van der Waals surface area contributed by atoms with Crippen LogP contribution in [-0.2, 0) is 24.3 Å². The Hall–Kier alpha value is -1.92. The first-order valence-corrected chi connectivity index (χ1v) is 8.46. The molecule has 2 rings (SSSR count). The minimum atomic E-state index is 0.618. The zero-order valence-corrected chi connectivity index (χ0v) is 14.7. The number of nitrogens with zero attached hydrogens (tertiary/aromatic N) is 2. The summed E-state index contributed by atoms with van der Waals surface area (Å²) in [5.74, 6) is 0.797. The van der Waals surface area contributed by atoms with Crippen LogP contribution in [0.15, 0.2) is 35.5 Å². The molecule has 1 aromatic heterocycles. The molecule has 5 nitrogen and oxygen atoms in total. The Morgan fingerprint density at radius 1 is 1.26 bits per heavy atom. The van der Waals surface area contributed by atoms with E-state index in [4.69, 9.17) is 4.74 Å². The fourth-order valence-corrected chi connectivity index (χ4v) is 3.02. The lowest BCUT2D eigenvalue weighted by Crippen LogP contribution is -2.38. The summed E-state index contributed by atoms with van der Waals surface area (Å²) in [6, 6.07) is 8.26. The van der Waals surface area contributed by atoms with Crippen LogP contribution in [0.3, 0.4) is 0 Å². The van der Waals surface area contributed by atoms with Crippen LogP contribution in [0, 0.1) is 6.92 Å². The van der Waals surface area contributed by atoms with Gasteiger partial charge in [-0.2, -0.15) is 0 Å². The molecule has 1 aromatic carbocycles. The molecule has 0 fully saturated rings. The molecule has 0 amide bonds. The number of aryl methyl sites for hydroxylation is 1. The molecule has 124 valence electrons. The van der Waals surface area contributed by atoms with Gasteiger partial charge in [-0.3, -0.25) is 4.99 Å². The van der Waals surface area contributed by atoms with Crippen LogP contribution in [-0.4, -0.2) is 31.6 Å². The van der Waals surface area contributed by atoms with Crippen molar-refractivity contribution in [3.63, 3.8) is 0 Å². The van der Waals surface area contributed by atoms with Crippen molar-refractivity contribution in [2.24, 2.45) is 4.99 Å². The van der Waals surface area contributed by atoms with Crippen molar-refractivity contribution in [3.8, 4) is 0 Å². The van der Waals surface area contributed by atoms with E-state index in [1.807, 2.05) is 18.3 Å². The van der Waals surface area contributed by atoms with Crippen LogP contribution in [0.1, 0.15) is 21.0 Å². The molecule has 0 unspecified atom stereocenters. The number of guanidine groups is 1. The van der Waals surface area contributed by atoms with Crippen molar-refractivity contribution < 1.29 is 4.74 Å². The summed E-state index contributed by atoms with van der Waals surface area (Å²) in [6.45, 7) is 4.22. The molecule has 2 N–H and O–H groups in total. The Labute approximate surface area is 141 Å². The van der Waals surface area contributed by atoms with Gasteiger partial charge in [0.2, 0.25) is 0 Å². The average Bonchev–Trinajstić information content (AvgIpc) is 2.97. The van der Waals surface area contributed by atoms with Gasteiger partial charge in [0.25, 0.3) is 0 Å². The molecular weight excluding hydrogens is 308 g/mol.